The summed E-state index contributed by atoms with van der Waals surface area (Å²) in [5.74, 6) is 0.421. The lowest BCUT2D eigenvalue weighted by molar-refractivity contribution is -0.132. The maximum absolute atomic E-state index is 12.5. The molecule has 2 N–H and O–H groups in total. The smallest absolute Gasteiger partial charge is 0.268 e. The van der Waals surface area contributed by atoms with Gasteiger partial charge < -0.3 is 15.4 Å². The first kappa shape index (κ1) is 15.8. The first-order chi connectivity index (χ1) is 11.0. The number of likely N-dealkylation sites (tertiary alicyclic amines) is 1. The fraction of sp³-hybridized carbons (Fsp3) is 0.529. The minimum Gasteiger partial charge on any atom is -0.479 e. The topological polar surface area (TPSA) is 75.9 Å². The highest BCUT2D eigenvalue weighted by Gasteiger charge is 2.34. The summed E-state index contributed by atoms with van der Waals surface area (Å²) < 4.78 is 5.66. The first-order valence-corrected chi connectivity index (χ1v) is 8.12. The Morgan fingerprint density at radius 3 is 2.74 bits per heavy atom. The van der Waals surface area contributed by atoms with Gasteiger partial charge in [0.1, 0.15) is 12.3 Å². The van der Waals surface area contributed by atoms with Gasteiger partial charge in [-0.15, -0.1) is 0 Å². The monoisotopic (exact) mass is 317 g/mol. The van der Waals surface area contributed by atoms with Crippen molar-refractivity contribution < 1.29 is 14.3 Å². The van der Waals surface area contributed by atoms with Gasteiger partial charge in [-0.3, -0.25) is 14.5 Å². The van der Waals surface area contributed by atoms with Crippen LogP contribution in [0.5, 0.6) is 5.75 Å². The predicted octanol–water partition coefficient (Wildman–Crippen LogP) is 1.44. The summed E-state index contributed by atoms with van der Waals surface area (Å²) in [5.41, 5.74) is 7.48. The van der Waals surface area contributed by atoms with Crippen molar-refractivity contribution in [2.24, 2.45) is 5.73 Å². The Balaban J connectivity index is 1.90. The van der Waals surface area contributed by atoms with E-state index in [9.17, 15) is 9.59 Å². The van der Waals surface area contributed by atoms with Crippen molar-refractivity contribution in [2.75, 3.05) is 24.5 Å². The van der Waals surface area contributed by atoms with E-state index in [1.807, 2.05) is 30.0 Å². The molecule has 1 saturated heterocycles. The molecule has 0 aliphatic carbocycles. The molecule has 1 fully saturated rings. The maximum Gasteiger partial charge on any atom is 0.268 e. The van der Waals surface area contributed by atoms with E-state index in [1.165, 1.54) is 4.90 Å². The molecule has 2 aliphatic heterocycles. The largest absolute Gasteiger partial charge is 0.479 e. The summed E-state index contributed by atoms with van der Waals surface area (Å²) in [6, 6.07) is 5.42. The Hall–Kier alpha value is -2.08. The van der Waals surface area contributed by atoms with Gasteiger partial charge in [0.15, 0.2) is 6.10 Å². The van der Waals surface area contributed by atoms with Gasteiger partial charge >= 0.3 is 0 Å². The molecular formula is C17H23N3O3. The highest BCUT2D eigenvalue weighted by Crippen LogP contribution is 2.36. The molecule has 2 amide bonds. The number of hydrogen-bond donors (Lipinski definition) is 1. The fourth-order valence-electron chi connectivity index (χ4n) is 3.07. The SMILES string of the molecule is CC1Oc2ccc(C(C)N)cc2N(CC(=O)N2CCCC2)C1=O. The van der Waals surface area contributed by atoms with Gasteiger partial charge in [0.2, 0.25) is 5.91 Å². The number of rotatable bonds is 3. The van der Waals surface area contributed by atoms with Gasteiger partial charge in [-0.05, 0) is 44.4 Å². The van der Waals surface area contributed by atoms with Crippen molar-refractivity contribution in [3.63, 3.8) is 0 Å². The number of anilines is 1. The molecule has 6 heteroatoms. The van der Waals surface area contributed by atoms with E-state index in [0.29, 0.717) is 11.4 Å². The van der Waals surface area contributed by atoms with E-state index in [4.69, 9.17) is 10.5 Å². The number of amides is 2. The number of carbonyl (C=O) groups is 2. The summed E-state index contributed by atoms with van der Waals surface area (Å²) in [6.45, 7) is 5.20. The predicted molar refractivity (Wildman–Crippen MR) is 87.3 cm³/mol. The Morgan fingerprint density at radius 2 is 2.09 bits per heavy atom. The van der Waals surface area contributed by atoms with Crippen molar-refractivity contribution in [1.29, 1.82) is 0 Å². The Labute approximate surface area is 136 Å². The van der Waals surface area contributed by atoms with Crippen molar-refractivity contribution in [3.8, 4) is 5.75 Å². The molecule has 2 unspecified atom stereocenters. The van der Waals surface area contributed by atoms with E-state index in [2.05, 4.69) is 0 Å². The molecule has 0 saturated carbocycles. The molecule has 2 heterocycles. The average molecular weight is 317 g/mol. The van der Waals surface area contributed by atoms with E-state index in [1.54, 1.807) is 6.92 Å². The molecule has 3 rings (SSSR count). The molecule has 2 aliphatic rings. The van der Waals surface area contributed by atoms with E-state index < -0.39 is 6.10 Å². The van der Waals surface area contributed by atoms with Gasteiger partial charge in [-0.1, -0.05) is 6.07 Å². The number of nitrogens with zero attached hydrogens (tertiary/aromatic N) is 2. The van der Waals surface area contributed by atoms with Crippen molar-refractivity contribution in [3.05, 3.63) is 23.8 Å². The van der Waals surface area contributed by atoms with Crippen molar-refractivity contribution in [2.45, 2.75) is 38.8 Å². The lowest BCUT2D eigenvalue weighted by atomic mass is 10.1. The average Bonchev–Trinajstić information content (AvgIpc) is 3.05. The van der Waals surface area contributed by atoms with Crippen LogP contribution in [0, 0.1) is 0 Å². The normalized spacial score (nSPS) is 21.9. The number of fused-ring (bicyclic) bond motifs is 1. The Bertz CT molecular complexity index is 624. The fourth-order valence-corrected chi connectivity index (χ4v) is 3.07. The zero-order valence-electron chi connectivity index (χ0n) is 13.6. The van der Waals surface area contributed by atoms with Crippen LogP contribution >= 0.6 is 0 Å². The Kier molecular flexibility index (Phi) is 4.26. The number of nitrogens with two attached hydrogens (primary N) is 1. The van der Waals surface area contributed by atoms with E-state index in [-0.39, 0.29) is 24.4 Å². The molecule has 1 aromatic rings. The molecule has 0 spiro atoms. The second-order valence-corrected chi connectivity index (χ2v) is 6.29. The molecule has 0 radical (unpaired) electrons. The lowest BCUT2D eigenvalue weighted by Crippen LogP contribution is -2.49. The van der Waals surface area contributed by atoms with Crippen LogP contribution in [0.15, 0.2) is 18.2 Å². The van der Waals surface area contributed by atoms with E-state index in [0.717, 1.165) is 31.5 Å². The summed E-state index contributed by atoms with van der Waals surface area (Å²) in [5, 5.41) is 0. The third-order valence-electron chi connectivity index (χ3n) is 4.47. The molecule has 0 bridgehead atoms. The Morgan fingerprint density at radius 1 is 1.39 bits per heavy atom. The first-order valence-electron chi connectivity index (χ1n) is 8.12. The summed E-state index contributed by atoms with van der Waals surface area (Å²) in [4.78, 5) is 28.3. The summed E-state index contributed by atoms with van der Waals surface area (Å²) in [7, 11) is 0. The molecule has 6 nitrogen and oxygen atoms in total. The van der Waals surface area contributed by atoms with Gasteiger partial charge in [0, 0.05) is 19.1 Å². The zero-order valence-corrected chi connectivity index (χ0v) is 13.6. The number of ether oxygens (including phenoxy) is 1. The number of hydrogen-bond acceptors (Lipinski definition) is 4. The minimum atomic E-state index is -0.588. The summed E-state index contributed by atoms with van der Waals surface area (Å²) >= 11 is 0. The molecule has 2 atom stereocenters. The van der Waals surface area contributed by atoms with Crippen LogP contribution in [0.1, 0.15) is 38.3 Å². The van der Waals surface area contributed by atoms with Gasteiger partial charge in [0.25, 0.3) is 5.91 Å². The quantitative estimate of drug-likeness (QED) is 0.915. The standard InChI is InChI=1S/C17H23N3O3/c1-11(18)13-5-6-15-14(9-13)20(17(22)12(2)23-15)10-16(21)19-7-3-4-8-19/h5-6,9,11-12H,3-4,7-8,10,18H2,1-2H3. The van der Waals surface area contributed by atoms with Crippen LogP contribution in [0.4, 0.5) is 5.69 Å². The van der Waals surface area contributed by atoms with Crippen LogP contribution in [-0.2, 0) is 9.59 Å². The molecule has 124 valence electrons. The van der Waals surface area contributed by atoms with Crippen molar-refractivity contribution in [1.82, 2.24) is 4.90 Å². The van der Waals surface area contributed by atoms with E-state index >= 15 is 0 Å². The third kappa shape index (κ3) is 3.03. The molecule has 0 aromatic heterocycles. The third-order valence-corrected chi connectivity index (χ3v) is 4.47. The zero-order chi connectivity index (χ0) is 16.6. The van der Waals surface area contributed by atoms with Gasteiger partial charge in [-0.2, -0.15) is 0 Å². The second kappa shape index (κ2) is 6.20. The van der Waals surface area contributed by atoms with Gasteiger partial charge in [-0.25, -0.2) is 0 Å². The number of benzene rings is 1. The van der Waals surface area contributed by atoms with Crippen LogP contribution in [0.25, 0.3) is 0 Å². The second-order valence-electron chi connectivity index (χ2n) is 6.29. The summed E-state index contributed by atoms with van der Waals surface area (Å²) in [6.07, 6.45) is 1.48. The van der Waals surface area contributed by atoms with Crippen LogP contribution < -0.4 is 15.4 Å². The van der Waals surface area contributed by atoms with Crippen LogP contribution in [-0.4, -0.2) is 42.5 Å². The molecular weight excluding hydrogens is 294 g/mol. The highest BCUT2D eigenvalue weighted by molar-refractivity contribution is 6.03. The highest BCUT2D eigenvalue weighted by atomic mass is 16.5. The lowest BCUT2D eigenvalue weighted by Gasteiger charge is -2.34. The molecule has 23 heavy (non-hydrogen) atoms. The maximum atomic E-state index is 12.5. The van der Waals surface area contributed by atoms with Crippen LogP contribution in [0.2, 0.25) is 0 Å². The van der Waals surface area contributed by atoms with Gasteiger partial charge in [0.05, 0.1) is 5.69 Å². The number of carbonyl (C=O) groups excluding carboxylic acids is 2. The molecule has 1 aromatic carbocycles. The van der Waals surface area contributed by atoms with Crippen LogP contribution in [0.3, 0.4) is 0 Å². The minimum absolute atomic E-state index is 0.0119. The van der Waals surface area contributed by atoms with Crippen molar-refractivity contribution >= 4 is 17.5 Å².